The molecule has 0 unspecified atom stereocenters. The van der Waals surface area contributed by atoms with Gasteiger partial charge in [-0.1, -0.05) is 64.5 Å². The van der Waals surface area contributed by atoms with Crippen molar-refractivity contribution in [3.63, 3.8) is 0 Å². The first-order valence-electron chi connectivity index (χ1n) is 13.2. The summed E-state index contributed by atoms with van der Waals surface area (Å²) < 4.78 is 5.19. The molecule has 0 atom stereocenters. The van der Waals surface area contributed by atoms with E-state index in [-0.39, 0.29) is 0 Å². The van der Waals surface area contributed by atoms with Gasteiger partial charge in [-0.15, -0.1) is 5.11 Å². The molecule has 0 aliphatic carbocycles. The highest BCUT2D eigenvalue weighted by Gasteiger charge is 2.15. The molecule has 196 valence electrons. The van der Waals surface area contributed by atoms with E-state index in [0.29, 0.717) is 47.8 Å². The molecular weight excluding hydrogens is 452 g/mol. The summed E-state index contributed by atoms with van der Waals surface area (Å²) in [4.78, 5) is 12.9. The summed E-state index contributed by atoms with van der Waals surface area (Å²) in [6, 6.07) is 7.04. The van der Waals surface area contributed by atoms with Crippen molar-refractivity contribution in [1.29, 1.82) is 0 Å². The summed E-state index contributed by atoms with van der Waals surface area (Å²) >= 11 is 0. The predicted molar refractivity (Wildman–Crippen MR) is 149 cm³/mol. The van der Waals surface area contributed by atoms with E-state index in [1.807, 2.05) is 0 Å². The van der Waals surface area contributed by atoms with Gasteiger partial charge in [-0.3, -0.25) is 0 Å². The number of benzene rings is 1. The summed E-state index contributed by atoms with van der Waals surface area (Å²) in [5.41, 5.74) is 1.81. The fraction of sp³-hybridized carbons (Fsp3) is 0.593. The number of nitrogens with one attached hydrogen (secondary N) is 3. The van der Waals surface area contributed by atoms with Crippen LogP contribution in [-0.4, -0.2) is 43.3 Å². The monoisotopic (exact) mass is 494 g/mol. The second-order valence-corrected chi connectivity index (χ2v) is 8.67. The third-order valence-corrected chi connectivity index (χ3v) is 5.58. The molecule has 0 fully saturated rings. The number of azo groups is 1. The lowest BCUT2D eigenvalue weighted by Crippen LogP contribution is -2.13. The number of unbranched alkanes of at least 4 members (excludes halogenated alkanes) is 6. The Balaban J connectivity index is 2.29. The Morgan fingerprint density at radius 1 is 0.778 bits per heavy atom. The third-order valence-electron chi connectivity index (χ3n) is 5.58. The summed E-state index contributed by atoms with van der Waals surface area (Å²) in [6.07, 6.45) is 10.2. The van der Waals surface area contributed by atoms with E-state index in [1.54, 1.807) is 31.4 Å². The van der Waals surface area contributed by atoms with Crippen LogP contribution in [0, 0.1) is 6.57 Å². The van der Waals surface area contributed by atoms with Crippen molar-refractivity contribution in [2.75, 3.05) is 49.3 Å². The van der Waals surface area contributed by atoms with Crippen LogP contribution in [0.5, 0.6) is 0 Å². The molecule has 0 aliphatic rings. The Bertz CT molecular complexity index is 940. The van der Waals surface area contributed by atoms with Crippen molar-refractivity contribution in [1.82, 2.24) is 9.97 Å². The number of hydrogen-bond acceptors (Lipinski definition) is 8. The van der Waals surface area contributed by atoms with Crippen LogP contribution in [0.3, 0.4) is 0 Å². The Labute approximate surface area is 216 Å². The SMILES string of the molecule is [C-]#[N+]c1ccc(N=Nc2c(NCCCCCC)nc(NCCCCCC)nc2NCCCOC)cc1. The zero-order valence-corrected chi connectivity index (χ0v) is 22.1. The highest BCUT2D eigenvalue weighted by atomic mass is 16.5. The van der Waals surface area contributed by atoms with Crippen molar-refractivity contribution in [2.24, 2.45) is 10.2 Å². The fourth-order valence-corrected chi connectivity index (χ4v) is 3.51. The van der Waals surface area contributed by atoms with Crippen molar-refractivity contribution in [2.45, 2.75) is 71.6 Å². The average Bonchev–Trinajstić information content (AvgIpc) is 2.90. The van der Waals surface area contributed by atoms with Gasteiger partial charge in [0.2, 0.25) is 5.95 Å². The number of nitrogens with zero attached hydrogens (tertiary/aromatic N) is 5. The maximum atomic E-state index is 7.13. The van der Waals surface area contributed by atoms with E-state index in [1.165, 1.54) is 38.5 Å². The van der Waals surface area contributed by atoms with E-state index in [0.717, 1.165) is 32.4 Å². The first-order valence-corrected chi connectivity index (χ1v) is 13.2. The number of hydrogen-bond donors (Lipinski definition) is 3. The van der Waals surface area contributed by atoms with E-state index in [4.69, 9.17) is 21.3 Å². The highest BCUT2D eigenvalue weighted by molar-refractivity contribution is 5.75. The van der Waals surface area contributed by atoms with Gasteiger partial charge < -0.3 is 20.7 Å². The topological polar surface area (TPSA) is 100 Å². The molecule has 0 saturated heterocycles. The van der Waals surface area contributed by atoms with E-state index >= 15 is 0 Å². The van der Waals surface area contributed by atoms with Crippen LogP contribution in [0.2, 0.25) is 0 Å². The molecule has 9 heteroatoms. The molecule has 1 aromatic heterocycles. The number of methoxy groups -OCH3 is 1. The van der Waals surface area contributed by atoms with Gasteiger partial charge >= 0.3 is 0 Å². The maximum Gasteiger partial charge on any atom is 0.226 e. The van der Waals surface area contributed by atoms with Gasteiger partial charge in [0, 0.05) is 33.4 Å². The molecule has 1 heterocycles. The lowest BCUT2D eigenvalue weighted by Gasteiger charge is -2.15. The van der Waals surface area contributed by atoms with Crippen LogP contribution in [-0.2, 0) is 4.74 Å². The summed E-state index contributed by atoms with van der Waals surface area (Å²) in [5, 5.41) is 19.2. The Hall–Kier alpha value is -3.25. The smallest absolute Gasteiger partial charge is 0.226 e. The Morgan fingerprint density at radius 3 is 1.92 bits per heavy atom. The van der Waals surface area contributed by atoms with Gasteiger partial charge in [-0.2, -0.15) is 15.1 Å². The van der Waals surface area contributed by atoms with Gasteiger partial charge in [0.1, 0.15) is 0 Å². The zero-order chi connectivity index (χ0) is 25.8. The van der Waals surface area contributed by atoms with Crippen LogP contribution in [0.1, 0.15) is 71.6 Å². The largest absolute Gasteiger partial charge is 0.385 e. The number of ether oxygens (including phenoxy) is 1. The quantitative estimate of drug-likeness (QED) is 0.104. The van der Waals surface area contributed by atoms with E-state index in [9.17, 15) is 0 Å². The van der Waals surface area contributed by atoms with Gasteiger partial charge in [0.05, 0.1) is 12.3 Å². The molecule has 0 aliphatic heterocycles. The lowest BCUT2D eigenvalue weighted by molar-refractivity contribution is 0.198. The molecule has 3 N–H and O–H groups in total. The molecule has 0 saturated carbocycles. The van der Waals surface area contributed by atoms with Gasteiger partial charge in [-0.25, -0.2) is 4.85 Å². The molecule has 2 aromatic rings. The number of anilines is 3. The minimum absolute atomic E-state index is 0.571. The third kappa shape index (κ3) is 11.0. The van der Waals surface area contributed by atoms with Crippen LogP contribution < -0.4 is 16.0 Å². The first kappa shape index (κ1) is 29.0. The van der Waals surface area contributed by atoms with Crippen LogP contribution in [0.4, 0.5) is 34.6 Å². The molecule has 0 amide bonds. The van der Waals surface area contributed by atoms with Crippen molar-refractivity contribution in [3.8, 4) is 0 Å². The molecule has 0 radical (unpaired) electrons. The second-order valence-electron chi connectivity index (χ2n) is 8.67. The maximum absolute atomic E-state index is 7.13. The molecule has 2 rings (SSSR count). The molecule has 36 heavy (non-hydrogen) atoms. The normalized spacial score (nSPS) is 10.9. The minimum atomic E-state index is 0.571. The van der Waals surface area contributed by atoms with E-state index < -0.39 is 0 Å². The predicted octanol–water partition coefficient (Wildman–Crippen LogP) is 7.88. The highest BCUT2D eigenvalue weighted by Crippen LogP contribution is 2.34. The molecule has 0 spiro atoms. The van der Waals surface area contributed by atoms with Gasteiger partial charge in [0.25, 0.3) is 0 Å². The van der Waals surface area contributed by atoms with Crippen molar-refractivity contribution in [3.05, 3.63) is 35.7 Å². The lowest BCUT2D eigenvalue weighted by atomic mass is 10.2. The first-order chi connectivity index (χ1) is 17.7. The van der Waals surface area contributed by atoms with Crippen LogP contribution >= 0.6 is 0 Å². The van der Waals surface area contributed by atoms with Gasteiger partial charge in [-0.05, 0) is 31.4 Å². The molecule has 9 nitrogen and oxygen atoms in total. The standard InChI is InChI=1S/C27H42N8O/c1-5-7-9-11-18-29-25-24(35-34-23-16-14-22(28-3)15-17-23)26(30-20-13-21-36-4)33-27(32-25)31-19-12-10-8-6-2/h14-17H,5-13,18-21H2,1-2,4H3,(H3,29,30,31,32,33). The molecule has 1 aromatic carbocycles. The van der Waals surface area contributed by atoms with Crippen LogP contribution in [0.15, 0.2) is 34.5 Å². The zero-order valence-electron chi connectivity index (χ0n) is 22.1. The van der Waals surface area contributed by atoms with Crippen molar-refractivity contribution >= 4 is 34.6 Å². The fourth-order valence-electron chi connectivity index (χ4n) is 3.51. The molecular formula is C27H42N8O. The van der Waals surface area contributed by atoms with Crippen molar-refractivity contribution < 1.29 is 4.74 Å². The number of aromatic nitrogens is 2. The average molecular weight is 495 g/mol. The Morgan fingerprint density at radius 2 is 1.36 bits per heavy atom. The van der Waals surface area contributed by atoms with Crippen LogP contribution in [0.25, 0.3) is 4.85 Å². The van der Waals surface area contributed by atoms with Gasteiger partial charge in [0.15, 0.2) is 23.0 Å². The summed E-state index contributed by atoms with van der Waals surface area (Å²) in [6.45, 7) is 14.5. The summed E-state index contributed by atoms with van der Waals surface area (Å²) in [7, 11) is 1.70. The Kier molecular flexibility index (Phi) is 14.6. The minimum Gasteiger partial charge on any atom is -0.385 e. The number of rotatable bonds is 19. The second kappa shape index (κ2) is 18.1. The van der Waals surface area contributed by atoms with E-state index in [2.05, 4.69) is 44.9 Å². The summed E-state index contributed by atoms with van der Waals surface area (Å²) in [5.74, 6) is 1.88. The molecule has 0 bridgehead atoms.